The van der Waals surface area contributed by atoms with E-state index in [0.717, 1.165) is 22.6 Å². The van der Waals surface area contributed by atoms with Gasteiger partial charge in [-0.3, -0.25) is 0 Å². The summed E-state index contributed by atoms with van der Waals surface area (Å²) < 4.78 is 5.44. The Labute approximate surface area is 148 Å². The molecule has 6 nitrogen and oxygen atoms in total. The number of benzene rings is 2. The van der Waals surface area contributed by atoms with Gasteiger partial charge in [0.15, 0.2) is 5.75 Å². The second-order valence-electron chi connectivity index (χ2n) is 5.22. The second kappa shape index (κ2) is 6.78. The van der Waals surface area contributed by atoms with Gasteiger partial charge in [-0.1, -0.05) is 23.7 Å². The van der Waals surface area contributed by atoms with Crippen LogP contribution >= 0.6 is 11.6 Å². The topological polar surface area (TPSA) is 98.3 Å². The van der Waals surface area contributed by atoms with Gasteiger partial charge >= 0.3 is 5.97 Å². The van der Waals surface area contributed by atoms with Gasteiger partial charge in [-0.05, 0) is 35.4 Å². The number of anilines is 1. The van der Waals surface area contributed by atoms with Gasteiger partial charge in [0.2, 0.25) is 5.95 Å². The third-order valence-corrected chi connectivity index (χ3v) is 3.85. The van der Waals surface area contributed by atoms with E-state index >= 15 is 0 Å². The van der Waals surface area contributed by atoms with Crippen LogP contribution in [0.1, 0.15) is 5.56 Å². The molecule has 3 rings (SSSR count). The molecule has 0 bridgehead atoms. The Hall–Kier alpha value is -3.12. The molecule has 0 aliphatic rings. The van der Waals surface area contributed by atoms with Gasteiger partial charge in [-0.2, -0.15) is 0 Å². The molecule has 0 fully saturated rings. The summed E-state index contributed by atoms with van der Waals surface area (Å²) in [4.78, 5) is 19.2. The van der Waals surface area contributed by atoms with E-state index in [-0.39, 0.29) is 5.95 Å². The van der Waals surface area contributed by atoms with E-state index in [0.29, 0.717) is 21.9 Å². The van der Waals surface area contributed by atoms with E-state index in [2.05, 4.69) is 9.97 Å². The summed E-state index contributed by atoms with van der Waals surface area (Å²) in [5, 5.41) is 10.2. The zero-order chi connectivity index (χ0) is 18.0. The van der Waals surface area contributed by atoms with E-state index in [1.165, 1.54) is 13.2 Å². The Morgan fingerprint density at radius 3 is 2.84 bits per heavy atom. The van der Waals surface area contributed by atoms with Crippen LogP contribution in [0.5, 0.6) is 5.75 Å². The van der Waals surface area contributed by atoms with Crippen molar-refractivity contribution in [3.63, 3.8) is 0 Å². The largest absolute Gasteiger partial charge is 0.494 e. The number of carboxylic acid groups (broad SMARTS) is 1. The molecule has 1 heterocycles. The van der Waals surface area contributed by atoms with Crippen LogP contribution in [-0.4, -0.2) is 28.2 Å². The van der Waals surface area contributed by atoms with E-state index < -0.39 is 5.97 Å². The van der Waals surface area contributed by atoms with E-state index in [1.807, 2.05) is 24.3 Å². The van der Waals surface area contributed by atoms with Gasteiger partial charge in [0.05, 0.1) is 7.11 Å². The van der Waals surface area contributed by atoms with Gasteiger partial charge in [0.25, 0.3) is 0 Å². The van der Waals surface area contributed by atoms with Crippen molar-refractivity contribution in [2.24, 2.45) is 0 Å². The maximum Gasteiger partial charge on any atom is 0.328 e. The summed E-state index contributed by atoms with van der Waals surface area (Å²) in [6.45, 7) is 0. The van der Waals surface area contributed by atoms with Crippen molar-refractivity contribution in [1.29, 1.82) is 0 Å². The summed E-state index contributed by atoms with van der Waals surface area (Å²) in [6, 6.07) is 9.12. The van der Waals surface area contributed by atoms with Crippen molar-refractivity contribution in [1.82, 2.24) is 9.97 Å². The molecule has 0 saturated heterocycles. The number of fused-ring (bicyclic) bond motifs is 1. The number of aromatic nitrogens is 2. The average Bonchev–Trinajstić information content (AvgIpc) is 2.58. The highest BCUT2D eigenvalue weighted by atomic mass is 35.5. The first-order valence-corrected chi connectivity index (χ1v) is 7.67. The molecule has 1 aromatic heterocycles. The lowest BCUT2D eigenvalue weighted by Gasteiger charge is -2.14. The van der Waals surface area contributed by atoms with Gasteiger partial charge in [-0.15, -0.1) is 0 Å². The third-order valence-electron chi connectivity index (χ3n) is 3.62. The van der Waals surface area contributed by atoms with Crippen molar-refractivity contribution < 1.29 is 14.6 Å². The predicted octanol–water partition coefficient (Wildman–Crippen LogP) is 3.64. The Morgan fingerprint density at radius 1 is 1.36 bits per heavy atom. The first-order valence-electron chi connectivity index (χ1n) is 7.29. The minimum absolute atomic E-state index is 0.0993. The Kier molecular flexibility index (Phi) is 4.54. The number of hydrogen-bond acceptors (Lipinski definition) is 5. The Morgan fingerprint density at radius 2 is 2.16 bits per heavy atom. The number of carboxylic acids is 1. The number of nitrogens with zero attached hydrogens (tertiary/aromatic N) is 2. The molecule has 0 unspecified atom stereocenters. The minimum atomic E-state index is -1.06. The normalized spacial score (nSPS) is 11.1. The standard InChI is InChI=1S/C18H14ClN3O3/c1-25-17-11(5-6-15(23)24)8-13(10-3-2-4-12(19)7-10)14-9-21-18(20)22-16(14)17/h2-9H,1H3,(H,23,24)(H2,20,21,22)/b6-5+. The van der Waals surface area contributed by atoms with Crippen molar-refractivity contribution in [3.05, 3.63) is 53.2 Å². The summed E-state index contributed by atoms with van der Waals surface area (Å²) in [5.74, 6) is -0.539. The first-order chi connectivity index (χ1) is 12.0. The molecule has 0 saturated carbocycles. The van der Waals surface area contributed by atoms with Crippen molar-refractivity contribution in [3.8, 4) is 16.9 Å². The van der Waals surface area contributed by atoms with Gasteiger partial charge < -0.3 is 15.6 Å². The predicted molar refractivity (Wildman–Crippen MR) is 97.6 cm³/mol. The lowest BCUT2D eigenvalue weighted by Crippen LogP contribution is -1.99. The smallest absolute Gasteiger partial charge is 0.328 e. The highest BCUT2D eigenvalue weighted by Crippen LogP contribution is 2.37. The van der Waals surface area contributed by atoms with Crippen LogP contribution in [0.2, 0.25) is 5.02 Å². The fourth-order valence-electron chi connectivity index (χ4n) is 2.60. The maximum atomic E-state index is 10.9. The van der Waals surface area contributed by atoms with Gasteiger partial charge in [-0.25, -0.2) is 14.8 Å². The molecular weight excluding hydrogens is 342 g/mol. The molecule has 0 aliphatic heterocycles. The van der Waals surface area contributed by atoms with Crippen molar-refractivity contribution in [2.45, 2.75) is 0 Å². The quantitative estimate of drug-likeness (QED) is 0.693. The van der Waals surface area contributed by atoms with Gasteiger partial charge in [0.1, 0.15) is 5.52 Å². The number of methoxy groups -OCH3 is 1. The van der Waals surface area contributed by atoms with E-state index in [4.69, 9.17) is 27.2 Å². The van der Waals surface area contributed by atoms with Crippen LogP contribution in [0.4, 0.5) is 5.95 Å². The Bertz CT molecular complexity index is 1000. The molecule has 2 aromatic carbocycles. The zero-order valence-electron chi connectivity index (χ0n) is 13.2. The number of aliphatic carboxylic acids is 1. The molecule has 0 amide bonds. The molecule has 25 heavy (non-hydrogen) atoms. The SMILES string of the molecule is COc1c(/C=C/C(=O)O)cc(-c2cccc(Cl)c2)c2cnc(N)nc12. The summed E-state index contributed by atoms with van der Waals surface area (Å²) in [5.41, 5.74) is 8.42. The van der Waals surface area contributed by atoms with Crippen LogP contribution in [0.3, 0.4) is 0 Å². The number of nitrogen functional groups attached to an aromatic ring is 1. The highest BCUT2D eigenvalue weighted by Gasteiger charge is 2.15. The fraction of sp³-hybridized carbons (Fsp3) is 0.0556. The molecule has 0 radical (unpaired) electrons. The highest BCUT2D eigenvalue weighted by molar-refractivity contribution is 6.31. The van der Waals surface area contributed by atoms with Crippen LogP contribution < -0.4 is 10.5 Å². The Balaban J connectivity index is 2.37. The number of ether oxygens (including phenoxy) is 1. The lowest BCUT2D eigenvalue weighted by molar-refractivity contribution is -0.131. The fourth-order valence-corrected chi connectivity index (χ4v) is 2.79. The van der Waals surface area contributed by atoms with Crippen LogP contribution in [0.15, 0.2) is 42.6 Å². The summed E-state index contributed by atoms with van der Waals surface area (Å²) in [7, 11) is 1.49. The van der Waals surface area contributed by atoms with Crippen LogP contribution in [-0.2, 0) is 4.79 Å². The maximum absolute atomic E-state index is 10.9. The average molecular weight is 356 g/mol. The van der Waals surface area contributed by atoms with E-state index in [1.54, 1.807) is 12.3 Å². The van der Waals surface area contributed by atoms with Crippen LogP contribution in [0, 0.1) is 0 Å². The molecule has 0 aliphatic carbocycles. The molecule has 126 valence electrons. The molecular formula is C18H14ClN3O3. The number of nitrogens with two attached hydrogens (primary N) is 1. The number of rotatable bonds is 4. The second-order valence-corrected chi connectivity index (χ2v) is 5.66. The summed E-state index contributed by atoms with van der Waals surface area (Å²) >= 11 is 6.10. The lowest BCUT2D eigenvalue weighted by atomic mass is 9.97. The monoisotopic (exact) mass is 355 g/mol. The summed E-state index contributed by atoms with van der Waals surface area (Å²) in [6.07, 6.45) is 4.10. The number of carbonyl (C=O) groups is 1. The number of halogens is 1. The molecule has 3 aromatic rings. The zero-order valence-corrected chi connectivity index (χ0v) is 14.0. The van der Waals surface area contributed by atoms with Crippen molar-refractivity contribution >= 4 is 40.5 Å². The minimum Gasteiger partial charge on any atom is -0.494 e. The first kappa shape index (κ1) is 16.7. The van der Waals surface area contributed by atoms with Crippen LogP contribution in [0.25, 0.3) is 28.1 Å². The third kappa shape index (κ3) is 3.39. The molecule has 7 heteroatoms. The number of hydrogen-bond donors (Lipinski definition) is 2. The van der Waals surface area contributed by atoms with Gasteiger partial charge in [0, 0.05) is 28.2 Å². The van der Waals surface area contributed by atoms with E-state index in [9.17, 15) is 4.79 Å². The molecule has 3 N–H and O–H groups in total. The van der Waals surface area contributed by atoms with Crippen molar-refractivity contribution in [2.75, 3.05) is 12.8 Å². The molecule has 0 atom stereocenters. The molecule has 0 spiro atoms.